The first-order valence-corrected chi connectivity index (χ1v) is 9.88. The van der Waals surface area contributed by atoms with Crippen molar-refractivity contribution in [3.8, 4) is 0 Å². The highest BCUT2D eigenvalue weighted by Crippen LogP contribution is 2.20. The number of likely N-dealkylation sites (tertiary alicyclic amines) is 2. The molecular weight excluding hydrogens is 314 g/mol. The SMILES string of the molecule is CCNC(=NCCc1c(C)noc1C)N1CCC(N2CCCCC2)C1. The van der Waals surface area contributed by atoms with Crippen LogP contribution in [0.5, 0.6) is 0 Å². The van der Waals surface area contributed by atoms with E-state index in [2.05, 4.69) is 27.2 Å². The van der Waals surface area contributed by atoms with Gasteiger partial charge in [-0.05, 0) is 59.5 Å². The topological polar surface area (TPSA) is 56.9 Å². The van der Waals surface area contributed by atoms with Crippen molar-refractivity contribution in [3.63, 3.8) is 0 Å². The summed E-state index contributed by atoms with van der Waals surface area (Å²) in [6.45, 7) is 12.6. The summed E-state index contributed by atoms with van der Waals surface area (Å²) >= 11 is 0. The Hall–Kier alpha value is -1.56. The Kier molecular flexibility index (Phi) is 6.34. The Balaban J connectivity index is 1.57. The van der Waals surface area contributed by atoms with Crippen molar-refractivity contribution in [3.05, 3.63) is 17.0 Å². The third-order valence-corrected chi connectivity index (χ3v) is 5.51. The summed E-state index contributed by atoms with van der Waals surface area (Å²) < 4.78 is 5.25. The average Bonchev–Trinajstić information content (AvgIpc) is 3.24. The molecule has 0 bridgehead atoms. The lowest BCUT2D eigenvalue weighted by Gasteiger charge is -2.32. The second-order valence-electron chi connectivity index (χ2n) is 7.27. The maximum atomic E-state index is 5.25. The van der Waals surface area contributed by atoms with Gasteiger partial charge in [0.1, 0.15) is 5.76 Å². The largest absolute Gasteiger partial charge is 0.361 e. The number of hydrogen-bond donors (Lipinski definition) is 1. The number of aliphatic imine (C=N–C) groups is 1. The van der Waals surface area contributed by atoms with Crippen molar-refractivity contribution in [2.75, 3.05) is 39.3 Å². The van der Waals surface area contributed by atoms with Crippen LogP contribution >= 0.6 is 0 Å². The summed E-state index contributed by atoms with van der Waals surface area (Å²) in [5, 5.41) is 7.51. The van der Waals surface area contributed by atoms with Crippen LogP contribution in [0.25, 0.3) is 0 Å². The number of guanidine groups is 1. The van der Waals surface area contributed by atoms with Crippen molar-refractivity contribution < 1.29 is 4.52 Å². The van der Waals surface area contributed by atoms with Crippen LogP contribution in [0, 0.1) is 13.8 Å². The fraction of sp³-hybridized carbons (Fsp3) is 0.789. The second-order valence-corrected chi connectivity index (χ2v) is 7.27. The minimum absolute atomic E-state index is 0.701. The minimum Gasteiger partial charge on any atom is -0.361 e. The van der Waals surface area contributed by atoms with E-state index in [-0.39, 0.29) is 0 Å². The molecule has 2 aliphatic rings. The van der Waals surface area contributed by atoms with Crippen LogP contribution in [0.1, 0.15) is 49.6 Å². The Morgan fingerprint density at radius 2 is 2.04 bits per heavy atom. The van der Waals surface area contributed by atoms with E-state index >= 15 is 0 Å². The fourth-order valence-electron chi connectivity index (χ4n) is 4.07. The monoisotopic (exact) mass is 347 g/mol. The lowest BCUT2D eigenvalue weighted by molar-refractivity contribution is 0.168. The van der Waals surface area contributed by atoms with Crippen molar-refractivity contribution >= 4 is 5.96 Å². The average molecular weight is 348 g/mol. The molecule has 25 heavy (non-hydrogen) atoms. The van der Waals surface area contributed by atoms with Gasteiger partial charge in [-0.3, -0.25) is 9.89 Å². The van der Waals surface area contributed by atoms with Gasteiger partial charge in [-0.15, -0.1) is 0 Å². The molecular formula is C19H33N5O. The third kappa shape index (κ3) is 4.54. The molecule has 1 aromatic rings. The number of nitrogens with zero attached hydrogens (tertiary/aromatic N) is 4. The summed E-state index contributed by atoms with van der Waals surface area (Å²) in [6, 6.07) is 0.701. The number of aromatic nitrogens is 1. The van der Waals surface area contributed by atoms with E-state index in [1.165, 1.54) is 44.3 Å². The van der Waals surface area contributed by atoms with Crippen molar-refractivity contribution in [2.24, 2.45) is 4.99 Å². The van der Waals surface area contributed by atoms with Crippen molar-refractivity contribution in [2.45, 2.75) is 58.9 Å². The van der Waals surface area contributed by atoms with Crippen LogP contribution in [-0.4, -0.2) is 66.2 Å². The van der Waals surface area contributed by atoms with Gasteiger partial charge in [0, 0.05) is 37.8 Å². The number of hydrogen-bond acceptors (Lipinski definition) is 4. The van der Waals surface area contributed by atoms with E-state index < -0.39 is 0 Å². The van der Waals surface area contributed by atoms with Crippen LogP contribution in [0.2, 0.25) is 0 Å². The quantitative estimate of drug-likeness (QED) is 0.654. The number of aryl methyl sites for hydroxylation is 2. The number of rotatable bonds is 5. The molecule has 3 rings (SSSR count). The zero-order chi connectivity index (χ0) is 17.6. The van der Waals surface area contributed by atoms with Gasteiger partial charge in [0.2, 0.25) is 0 Å². The van der Waals surface area contributed by atoms with E-state index in [9.17, 15) is 0 Å². The standard InChI is InChI=1S/C19H33N5O/c1-4-20-19(21-10-8-18-15(2)22-25-16(18)3)24-13-9-17(14-24)23-11-6-5-7-12-23/h17H,4-14H2,1-3H3,(H,20,21). The Morgan fingerprint density at radius 3 is 2.72 bits per heavy atom. The molecule has 1 aromatic heterocycles. The molecule has 0 aromatic carbocycles. The van der Waals surface area contributed by atoms with E-state index in [1.807, 2.05) is 13.8 Å². The van der Waals surface area contributed by atoms with Crippen LogP contribution in [-0.2, 0) is 6.42 Å². The molecule has 2 aliphatic heterocycles. The molecule has 1 atom stereocenters. The predicted molar refractivity (Wildman–Crippen MR) is 101 cm³/mol. The van der Waals surface area contributed by atoms with E-state index in [1.54, 1.807) is 0 Å². The normalized spacial score (nSPS) is 22.6. The van der Waals surface area contributed by atoms with Gasteiger partial charge in [-0.25, -0.2) is 0 Å². The van der Waals surface area contributed by atoms with E-state index in [4.69, 9.17) is 9.52 Å². The van der Waals surface area contributed by atoms with Crippen LogP contribution in [0.15, 0.2) is 9.52 Å². The smallest absolute Gasteiger partial charge is 0.193 e. The molecule has 0 spiro atoms. The predicted octanol–water partition coefficient (Wildman–Crippen LogP) is 2.36. The molecule has 2 saturated heterocycles. The molecule has 1 unspecified atom stereocenters. The van der Waals surface area contributed by atoms with Gasteiger partial charge in [0.25, 0.3) is 0 Å². The molecule has 6 heteroatoms. The molecule has 6 nitrogen and oxygen atoms in total. The third-order valence-electron chi connectivity index (χ3n) is 5.51. The summed E-state index contributed by atoms with van der Waals surface area (Å²) in [5.41, 5.74) is 2.19. The minimum atomic E-state index is 0.701. The second kappa shape index (κ2) is 8.70. The maximum Gasteiger partial charge on any atom is 0.193 e. The maximum absolute atomic E-state index is 5.25. The van der Waals surface area contributed by atoms with E-state index in [0.717, 1.165) is 50.0 Å². The molecule has 0 aliphatic carbocycles. The molecule has 140 valence electrons. The van der Waals surface area contributed by atoms with Crippen LogP contribution in [0.3, 0.4) is 0 Å². The molecule has 0 saturated carbocycles. The summed E-state index contributed by atoms with van der Waals surface area (Å²) in [6.07, 6.45) is 6.27. The first-order valence-electron chi connectivity index (χ1n) is 9.88. The lowest BCUT2D eigenvalue weighted by atomic mass is 10.1. The first-order chi connectivity index (χ1) is 12.2. The van der Waals surface area contributed by atoms with Crippen molar-refractivity contribution in [1.29, 1.82) is 0 Å². The van der Waals surface area contributed by atoms with Gasteiger partial charge < -0.3 is 14.7 Å². The van der Waals surface area contributed by atoms with Crippen LogP contribution in [0.4, 0.5) is 0 Å². The Morgan fingerprint density at radius 1 is 1.24 bits per heavy atom. The Bertz CT molecular complexity index is 557. The van der Waals surface area contributed by atoms with Gasteiger partial charge in [-0.1, -0.05) is 11.6 Å². The van der Waals surface area contributed by atoms with Gasteiger partial charge >= 0.3 is 0 Å². The summed E-state index contributed by atoms with van der Waals surface area (Å²) in [5.74, 6) is 1.98. The van der Waals surface area contributed by atoms with Gasteiger partial charge in [-0.2, -0.15) is 0 Å². The highest BCUT2D eigenvalue weighted by atomic mass is 16.5. The molecule has 2 fully saturated rings. The molecule has 3 heterocycles. The highest BCUT2D eigenvalue weighted by Gasteiger charge is 2.29. The number of piperidine rings is 1. The summed E-state index contributed by atoms with van der Waals surface area (Å²) in [7, 11) is 0. The summed E-state index contributed by atoms with van der Waals surface area (Å²) in [4.78, 5) is 10.0. The fourth-order valence-corrected chi connectivity index (χ4v) is 4.07. The number of nitrogens with one attached hydrogen (secondary N) is 1. The molecule has 0 amide bonds. The van der Waals surface area contributed by atoms with Gasteiger partial charge in [0.15, 0.2) is 5.96 Å². The zero-order valence-electron chi connectivity index (χ0n) is 16.1. The lowest BCUT2D eigenvalue weighted by Crippen LogP contribution is -2.44. The molecule has 0 radical (unpaired) electrons. The highest BCUT2D eigenvalue weighted by molar-refractivity contribution is 5.80. The van der Waals surface area contributed by atoms with E-state index in [0.29, 0.717) is 6.04 Å². The Labute approximate surface area is 151 Å². The molecule has 1 N–H and O–H groups in total. The van der Waals surface area contributed by atoms with Crippen molar-refractivity contribution in [1.82, 2.24) is 20.3 Å². The van der Waals surface area contributed by atoms with Crippen LogP contribution < -0.4 is 5.32 Å². The van der Waals surface area contributed by atoms with Gasteiger partial charge in [0.05, 0.1) is 5.69 Å². The zero-order valence-corrected chi connectivity index (χ0v) is 16.1. The first kappa shape index (κ1) is 18.2.